The third-order valence-corrected chi connectivity index (χ3v) is 4.18. The van der Waals surface area contributed by atoms with Gasteiger partial charge in [0, 0.05) is 6.04 Å². The summed E-state index contributed by atoms with van der Waals surface area (Å²) in [5.41, 5.74) is 0. The molecule has 0 unspecified atom stereocenters. The number of aliphatic hydroxyl groups excluding tert-OH is 1. The van der Waals surface area contributed by atoms with Crippen LogP contribution in [0.15, 0.2) is 29.2 Å². The van der Waals surface area contributed by atoms with Crippen molar-refractivity contribution in [3.05, 3.63) is 29.3 Å². The van der Waals surface area contributed by atoms with Gasteiger partial charge in [-0.1, -0.05) is 30.7 Å². The molecule has 90 valence electrons. The molecule has 0 aliphatic carbocycles. The predicted octanol–water partition coefficient (Wildman–Crippen LogP) is 1.39. The molecule has 0 aromatic heterocycles. The van der Waals surface area contributed by atoms with Crippen LogP contribution in [-0.2, 0) is 10.0 Å². The zero-order chi connectivity index (χ0) is 12.2. The minimum atomic E-state index is -3.66. The minimum Gasteiger partial charge on any atom is -0.395 e. The van der Waals surface area contributed by atoms with E-state index in [0.29, 0.717) is 6.42 Å². The van der Waals surface area contributed by atoms with E-state index in [2.05, 4.69) is 4.72 Å². The quantitative estimate of drug-likeness (QED) is 0.844. The number of nitrogens with one attached hydrogen (secondary N) is 1. The van der Waals surface area contributed by atoms with Gasteiger partial charge in [-0.25, -0.2) is 13.1 Å². The average Bonchev–Trinajstić information content (AvgIpc) is 2.26. The van der Waals surface area contributed by atoms with Crippen LogP contribution in [0.3, 0.4) is 0 Å². The second-order valence-corrected chi connectivity index (χ2v) is 5.43. The molecule has 0 amide bonds. The lowest BCUT2D eigenvalue weighted by molar-refractivity contribution is 0.254. The van der Waals surface area contributed by atoms with E-state index < -0.39 is 16.1 Å². The molecular weight excluding hydrogens is 250 g/mol. The second-order valence-electron chi connectivity index (χ2n) is 3.34. The van der Waals surface area contributed by atoms with E-state index in [-0.39, 0.29) is 16.5 Å². The summed E-state index contributed by atoms with van der Waals surface area (Å²) in [6, 6.07) is 5.71. The molecule has 1 aromatic carbocycles. The fourth-order valence-corrected chi connectivity index (χ4v) is 3.03. The molecule has 0 bridgehead atoms. The second kappa shape index (κ2) is 5.63. The first-order chi connectivity index (χ1) is 7.51. The van der Waals surface area contributed by atoms with Gasteiger partial charge in [0.1, 0.15) is 4.90 Å². The minimum absolute atomic E-state index is 0.0311. The van der Waals surface area contributed by atoms with Gasteiger partial charge in [0.05, 0.1) is 11.6 Å². The Kier molecular flexibility index (Phi) is 4.73. The summed E-state index contributed by atoms with van der Waals surface area (Å²) in [6.45, 7) is 1.55. The van der Waals surface area contributed by atoms with Crippen LogP contribution in [-0.4, -0.2) is 26.2 Å². The SMILES string of the molecule is CC[C@H](CO)NS(=O)(=O)c1ccccc1Cl. The number of sulfonamides is 1. The van der Waals surface area contributed by atoms with E-state index in [0.717, 1.165) is 0 Å². The maximum Gasteiger partial charge on any atom is 0.242 e. The van der Waals surface area contributed by atoms with Gasteiger partial charge < -0.3 is 5.11 Å². The van der Waals surface area contributed by atoms with Crippen molar-refractivity contribution in [2.75, 3.05) is 6.61 Å². The van der Waals surface area contributed by atoms with Crippen LogP contribution in [0.1, 0.15) is 13.3 Å². The number of halogens is 1. The maximum atomic E-state index is 11.9. The molecule has 2 N–H and O–H groups in total. The Morgan fingerprint density at radius 2 is 2.06 bits per heavy atom. The van der Waals surface area contributed by atoms with Crippen molar-refractivity contribution < 1.29 is 13.5 Å². The lowest BCUT2D eigenvalue weighted by atomic mass is 10.3. The van der Waals surface area contributed by atoms with Gasteiger partial charge in [0.2, 0.25) is 10.0 Å². The fraction of sp³-hybridized carbons (Fsp3) is 0.400. The standard InChI is InChI=1S/C10H14ClNO3S/c1-2-8(7-13)12-16(14,15)10-6-4-3-5-9(10)11/h3-6,8,12-13H,2,7H2,1H3/t8-/m1/s1. The smallest absolute Gasteiger partial charge is 0.242 e. The Morgan fingerprint density at radius 3 is 2.56 bits per heavy atom. The molecule has 0 saturated heterocycles. The van der Waals surface area contributed by atoms with Gasteiger partial charge in [-0.2, -0.15) is 0 Å². The van der Waals surface area contributed by atoms with E-state index >= 15 is 0 Å². The van der Waals surface area contributed by atoms with Crippen LogP contribution in [0.2, 0.25) is 5.02 Å². The Bertz CT molecular complexity index is 443. The highest BCUT2D eigenvalue weighted by molar-refractivity contribution is 7.89. The van der Waals surface area contributed by atoms with E-state index in [4.69, 9.17) is 16.7 Å². The highest BCUT2D eigenvalue weighted by Crippen LogP contribution is 2.20. The zero-order valence-corrected chi connectivity index (χ0v) is 10.4. The van der Waals surface area contributed by atoms with Gasteiger partial charge in [-0.05, 0) is 18.6 Å². The van der Waals surface area contributed by atoms with Crippen molar-refractivity contribution in [1.29, 1.82) is 0 Å². The Morgan fingerprint density at radius 1 is 1.44 bits per heavy atom. The van der Waals surface area contributed by atoms with E-state index in [1.165, 1.54) is 12.1 Å². The van der Waals surface area contributed by atoms with Gasteiger partial charge in [-0.15, -0.1) is 0 Å². The summed E-state index contributed by atoms with van der Waals surface area (Å²) in [5, 5.41) is 9.11. The van der Waals surface area contributed by atoms with Crippen molar-refractivity contribution in [3.8, 4) is 0 Å². The molecule has 0 aliphatic heterocycles. The molecule has 0 spiro atoms. The summed E-state index contributed by atoms with van der Waals surface area (Å²) in [6.07, 6.45) is 0.514. The summed E-state index contributed by atoms with van der Waals surface area (Å²) in [5.74, 6) is 0. The van der Waals surface area contributed by atoms with Crippen molar-refractivity contribution in [2.45, 2.75) is 24.3 Å². The number of hydrogen-bond donors (Lipinski definition) is 2. The van der Waals surface area contributed by atoms with Gasteiger partial charge in [0.25, 0.3) is 0 Å². The normalized spacial score (nSPS) is 13.7. The average molecular weight is 264 g/mol. The van der Waals surface area contributed by atoms with E-state index in [1.54, 1.807) is 19.1 Å². The van der Waals surface area contributed by atoms with Crippen LogP contribution >= 0.6 is 11.6 Å². The molecule has 0 aliphatic rings. The molecule has 0 heterocycles. The van der Waals surface area contributed by atoms with Crippen LogP contribution in [0.5, 0.6) is 0 Å². The topological polar surface area (TPSA) is 66.4 Å². The lowest BCUT2D eigenvalue weighted by Gasteiger charge is -2.14. The van der Waals surface area contributed by atoms with Gasteiger partial charge in [-0.3, -0.25) is 0 Å². The van der Waals surface area contributed by atoms with Crippen molar-refractivity contribution in [3.63, 3.8) is 0 Å². The third kappa shape index (κ3) is 3.18. The van der Waals surface area contributed by atoms with Crippen molar-refractivity contribution in [1.82, 2.24) is 4.72 Å². The molecule has 6 heteroatoms. The van der Waals surface area contributed by atoms with Crippen LogP contribution < -0.4 is 4.72 Å². The summed E-state index contributed by atoms with van der Waals surface area (Å²) >= 11 is 5.80. The Balaban J connectivity index is 2.99. The molecule has 0 radical (unpaired) electrons. The lowest BCUT2D eigenvalue weighted by Crippen LogP contribution is -2.37. The number of aliphatic hydroxyl groups is 1. The van der Waals surface area contributed by atoms with Crippen LogP contribution in [0, 0.1) is 0 Å². The van der Waals surface area contributed by atoms with Crippen molar-refractivity contribution in [2.24, 2.45) is 0 Å². The first-order valence-corrected chi connectivity index (χ1v) is 6.75. The summed E-state index contributed by atoms with van der Waals surface area (Å²) in [4.78, 5) is 0.0311. The van der Waals surface area contributed by atoms with E-state index in [9.17, 15) is 8.42 Å². The first-order valence-electron chi connectivity index (χ1n) is 4.89. The first kappa shape index (κ1) is 13.4. The molecular formula is C10H14ClNO3S. The van der Waals surface area contributed by atoms with Gasteiger partial charge in [0.15, 0.2) is 0 Å². The molecule has 1 aromatic rings. The van der Waals surface area contributed by atoms with Crippen molar-refractivity contribution >= 4 is 21.6 Å². The third-order valence-electron chi connectivity index (χ3n) is 2.16. The number of benzene rings is 1. The number of rotatable bonds is 5. The molecule has 1 atom stereocenters. The molecule has 0 saturated carbocycles. The molecule has 1 rings (SSSR count). The monoisotopic (exact) mass is 263 g/mol. The fourth-order valence-electron chi connectivity index (χ4n) is 1.20. The van der Waals surface area contributed by atoms with Crippen LogP contribution in [0.25, 0.3) is 0 Å². The summed E-state index contributed by atoms with van der Waals surface area (Å²) < 4.78 is 26.1. The largest absolute Gasteiger partial charge is 0.395 e. The molecule has 4 nitrogen and oxygen atoms in total. The van der Waals surface area contributed by atoms with E-state index in [1.807, 2.05) is 0 Å². The van der Waals surface area contributed by atoms with Gasteiger partial charge >= 0.3 is 0 Å². The Hall–Kier alpha value is -0.620. The van der Waals surface area contributed by atoms with Crippen LogP contribution in [0.4, 0.5) is 0 Å². The zero-order valence-electron chi connectivity index (χ0n) is 8.85. The number of hydrogen-bond acceptors (Lipinski definition) is 3. The predicted molar refractivity (Wildman–Crippen MR) is 62.9 cm³/mol. The summed E-state index contributed by atoms with van der Waals surface area (Å²) in [7, 11) is -3.66. The molecule has 16 heavy (non-hydrogen) atoms. The highest BCUT2D eigenvalue weighted by Gasteiger charge is 2.20. The maximum absolute atomic E-state index is 11.9. The highest BCUT2D eigenvalue weighted by atomic mass is 35.5. The molecule has 0 fully saturated rings. The Labute approximate surface area is 100 Å².